The van der Waals surface area contributed by atoms with Gasteiger partial charge in [-0.2, -0.15) is 5.10 Å². The summed E-state index contributed by atoms with van der Waals surface area (Å²) >= 11 is 15.5. The molecule has 19 heavy (non-hydrogen) atoms. The van der Waals surface area contributed by atoms with E-state index in [1.807, 2.05) is 0 Å². The summed E-state index contributed by atoms with van der Waals surface area (Å²) in [4.78, 5) is 11.5. The van der Waals surface area contributed by atoms with Gasteiger partial charge in [-0.3, -0.25) is 0 Å². The van der Waals surface area contributed by atoms with Crippen molar-refractivity contribution in [2.45, 2.75) is 0 Å². The summed E-state index contributed by atoms with van der Waals surface area (Å²) in [5, 5.41) is 4.72. The van der Waals surface area contributed by atoms with Crippen LogP contribution in [0.4, 0.5) is 5.82 Å². The quantitative estimate of drug-likeness (QED) is 0.830. The minimum absolute atomic E-state index is 0.109. The van der Waals surface area contributed by atoms with E-state index in [0.29, 0.717) is 15.7 Å². The van der Waals surface area contributed by atoms with Crippen molar-refractivity contribution in [1.29, 1.82) is 0 Å². The van der Waals surface area contributed by atoms with Crippen LogP contribution in [0.5, 0.6) is 0 Å². The van der Waals surface area contributed by atoms with E-state index in [9.17, 15) is 4.79 Å². The van der Waals surface area contributed by atoms with Crippen molar-refractivity contribution < 1.29 is 9.53 Å². The van der Waals surface area contributed by atoms with Crippen LogP contribution in [0.25, 0.3) is 5.69 Å². The summed E-state index contributed by atoms with van der Waals surface area (Å²) in [5.74, 6) is -0.467. The standard InChI is InChI=1S/C11H8BrCl2N3O2/c1-19-11(18)6-4-16-17(10(6)15)9-7(13)2-5(12)3-8(9)14/h2-4H,15H2,1H3. The second-order valence-electron chi connectivity index (χ2n) is 3.56. The molecule has 1 aromatic carbocycles. The Bertz CT molecular complexity index is 634. The molecule has 0 radical (unpaired) electrons. The van der Waals surface area contributed by atoms with E-state index < -0.39 is 5.97 Å². The Labute approximate surface area is 127 Å². The van der Waals surface area contributed by atoms with Crippen molar-refractivity contribution in [1.82, 2.24) is 9.78 Å². The molecular weight excluding hydrogens is 357 g/mol. The number of anilines is 1. The van der Waals surface area contributed by atoms with Gasteiger partial charge in [0.05, 0.1) is 23.4 Å². The maximum atomic E-state index is 11.5. The highest BCUT2D eigenvalue weighted by Gasteiger charge is 2.19. The SMILES string of the molecule is COC(=O)c1cnn(-c2c(Cl)cc(Br)cc2Cl)c1N. The van der Waals surface area contributed by atoms with E-state index in [4.69, 9.17) is 28.9 Å². The summed E-state index contributed by atoms with van der Waals surface area (Å²) in [5.41, 5.74) is 6.41. The highest BCUT2D eigenvalue weighted by Crippen LogP contribution is 2.33. The summed E-state index contributed by atoms with van der Waals surface area (Å²) in [6, 6.07) is 3.31. The fourth-order valence-corrected chi connectivity index (χ4v) is 2.91. The van der Waals surface area contributed by atoms with Gasteiger partial charge in [0.15, 0.2) is 0 Å². The Morgan fingerprint density at radius 2 is 2.00 bits per heavy atom. The van der Waals surface area contributed by atoms with Crippen molar-refractivity contribution in [2.24, 2.45) is 0 Å². The first-order chi connectivity index (χ1) is 8.95. The smallest absolute Gasteiger partial charge is 0.343 e. The predicted molar refractivity (Wildman–Crippen MR) is 77.0 cm³/mol. The van der Waals surface area contributed by atoms with Crippen LogP contribution >= 0.6 is 39.1 Å². The molecule has 2 aromatic rings. The molecule has 0 aliphatic heterocycles. The lowest BCUT2D eigenvalue weighted by Gasteiger charge is -2.09. The van der Waals surface area contributed by atoms with Crippen molar-refractivity contribution in [2.75, 3.05) is 12.8 Å². The summed E-state index contributed by atoms with van der Waals surface area (Å²) in [6.07, 6.45) is 1.30. The first-order valence-corrected chi connectivity index (χ1v) is 6.57. The molecule has 5 nitrogen and oxygen atoms in total. The molecule has 0 bridgehead atoms. The number of nitrogen functional groups attached to an aromatic ring is 1. The van der Waals surface area contributed by atoms with Gasteiger partial charge in [-0.25, -0.2) is 9.48 Å². The van der Waals surface area contributed by atoms with Crippen LogP contribution < -0.4 is 5.73 Å². The van der Waals surface area contributed by atoms with E-state index in [0.717, 1.165) is 4.47 Å². The van der Waals surface area contributed by atoms with E-state index in [1.54, 1.807) is 12.1 Å². The lowest BCUT2D eigenvalue weighted by molar-refractivity contribution is 0.0602. The summed E-state index contributed by atoms with van der Waals surface area (Å²) in [6.45, 7) is 0. The van der Waals surface area contributed by atoms with Crippen molar-refractivity contribution in [3.8, 4) is 5.69 Å². The highest BCUT2D eigenvalue weighted by atomic mass is 79.9. The average Bonchev–Trinajstić information content (AvgIpc) is 2.69. The second kappa shape index (κ2) is 5.40. The minimum Gasteiger partial charge on any atom is -0.465 e. The zero-order valence-electron chi connectivity index (χ0n) is 9.65. The molecule has 1 heterocycles. The number of hydrogen-bond acceptors (Lipinski definition) is 4. The molecule has 0 aliphatic rings. The number of carbonyl (C=O) groups is 1. The van der Waals surface area contributed by atoms with E-state index in [-0.39, 0.29) is 11.4 Å². The van der Waals surface area contributed by atoms with Gasteiger partial charge in [0.25, 0.3) is 0 Å². The number of ether oxygens (including phenoxy) is 1. The van der Waals surface area contributed by atoms with E-state index in [1.165, 1.54) is 18.0 Å². The molecule has 0 saturated carbocycles. The van der Waals surface area contributed by atoms with Gasteiger partial charge in [-0.05, 0) is 12.1 Å². The van der Waals surface area contributed by atoms with Gasteiger partial charge in [0.1, 0.15) is 17.1 Å². The third kappa shape index (κ3) is 2.56. The number of halogens is 3. The van der Waals surface area contributed by atoms with Crippen LogP contribution in [0, 0.1) is 0 Å². The number of methoxy groups -OCH3 is 1. The van der Waals surface area contributed by atoms with Gasteiger partial charge in [-0.1, -0.05) is 39.1 Å². The van der Waals surface area contributed by atoms with Crippen LogP contribution in [0.1, 0.15) is 10.4 Å². The molecule has 0 aliphatic carbocycles. The van der Waals surface area contributed by atoms with Crippen molar-refractivity contribution in [3.63, 3.8) is 0 Å². The number of aromatic nitrogens is 2. The number of benzene rings is 1. The number of nitrogens with two attached hydrogens (primary N) is 1. The maximum Gasteiger partial charge on any atom is 0.343 e. The zero-order valence-corrected chi connectivity index (χ0v) is 12.8. The molecule has 0 amide bonds. The van der Waals surface area contributed by atoms with Crippen LogP contribution in [0.3, 0.4) is 0 Å². The fraction of sp³-hybridized carbons (Fsp3) is 0.0909. The predicted octanol–water partition coefficient (Wildman–Crippen LogP) is 3.31. The van der Waals surface area contributed by atoms with Crippen LogP contribution in [0.15, 0.2) is 22.8 Å². The van der Waals surface area contributed by atoms with Crippen LogP contribution in [-0.2, 0) is 4.74 Å². The van der Waals surface area contributed by atoms with Crippen LogP contribution in [-0.4, -0.2) is 22.9 Å². The van der Waals surface area contributed by atoms with Crippen molar-refractivity contribution in [3.05, 3.63) is 38.4 Å². The van der Waals surface area contributed by atoms with Gasteiger partial charge in [0.2, 0.25) is 0 Å². The third-order valence-corrected chi connectivity index (χ3v) is 3.44. The molecule has 100 valence electrons. The Hall–Kier alpha value is -1.24. The van der Waals surface area contributed by atoms with Crippen molar-refractivity contribution >= 4 is 50.9 Å². The molecule has 0 atom stereocenters. The normalized spacial score (nSPS) is 10.5. The fourth-order valence-electron chi connectivity index (χ4n) is 1.54. The molecule has 0 saturated heterocycles. The molecule has 0 spiro atoms. The summed E-state index contributed by atoms with van der Waals surface area (Å²) in [7, 11) is 1.26. The number of rotatable bonds is 2. The molecule has 2 rings (SSSR count). The third-order valence-electron chi connectivity index (χ3n) is 2.41. The Morgan fingerprint density at radius 1 is 1.42 bits per heavy atom. The molecule has 1 aromatic heterocycles. The maximum absolute atomic E-state index is 11.5. The second-order valence-corrected chi connectivity index (χ2v) is 5.29. The lowest BCUT2D eigenvalue weighted by Crippen LogP contribution is -2.08. The zero-order chi connectivity index (χ0) is 14.2. The minimum atomic E-state index is -0.576. The molecule has 2 N–H and O–H groups in total. The molecular formula is C11H8BrCl2N3O2. The first-order valence-electron chi connectivity index (χ1n) is 5.02. The Kier molecular flexibility index (Phi) is 4.03. The van der Waals surface area contributed by atoms with Gasteiger partial charge < -0.3 is 10.5 Å². The van der Waals surface area contributed by atoms with E-state index >= 15 is 0 Å². The van der Waals surface area contributed by atoms with E-state index in [2.05, 4.69) is 25.8 Å². The number of hydrogen-bond donors (Lipinski definition) is 1. The highest BCUT2D eigenvalue weighted by molar-refractivity contribution is 9.10. The van der Waals surface area contributed by atoms with Gasteiger partial charge >= 0.3 is 5.97 Å². The number of nitrogens with zero attached hydrogens (tertiary/aromatic N) is 2. The largest absolute Gasteiger partial charge is 0.465 e. The van der Waals surface area contributed by atoms with Gasteiger partial charge in [-0.15, -0.1) is 0 Å². The Balaban J connectivity index is 2.61. The summed E-state index contributed by atoms with van der Waals surface area (Å²) < 4.78 is 6.62. The molecule has 0 unspecified atom stereocenters. The molecule has 8 heteroatoms. The number of carbonyl (C=O) groups excluding carboxylic acids is 1. The van der Waals surface area contributed by atoms with Gasteiger partial charge in [0, 0.05) is 4.47 Å². The molecule has 0 fully saturated rings. The average molecular weight is 365 g/mol. The number of esters is 1. The van der Waals surface area contributed by atoms with Crippen LogP contribution in [0.2, 0.25) is 10.0 Å². The lowest BCUT2D eigenvalue weighted by atomic mass is 10.3. The first kappa shape index (κ1) is 14.2. The Morgan fingerprint density at radius 3 is 2.53 bits per heavy atom. The monoisotopic (exact) mass is 363 g/mol. The topological polar surface area (TPSA) is 70.1 Å².